The molecule has 1 aliphatic rings. The number of hydrogen-bond donors (Lipinski definition) is 2. The first-order chi connectivity index (χ1) is 18.1. The highest BCUT2D eigenvalue weighted by Gasteiger charge is 2.43. The second-order valence-corrected chi connectivity index (χ2v) is 11.6. The molecule has 198 valence electrons. The van der Waals surface area contributed by atoms with Crippen molar-refractivity contribution >= 4 is 20.9 Å². The predicted molar refractivity (Wildman–Crippen MR) is 145 cm³/mol. The average molecular weight is 535 g/mol. The highest BCUT2D eigenvalue weighted by atomic mass is 32.2. The van der Waals surface area contributed by atoms with Crippen molar-refractivity contribution in [2.45, 2.75) is 38.0 Å². The average Bonchev–Trinajstić information content (AvgIpc) is 3.72. The Kier molecular flexibility index (Phi) is 6.91. The van der Waals surface area contributed by atoms with Gasteiger partial charge in [-0.25, -0.2) is 23.1 Å². The van der Waals surface area contributed by atoms with Gasteiger partial charge in [-0.3, -0.25) is 4.79 Å². The zero-order valence-corrected chi connectivity index (χ0v) is 22.3. The third-order valence-electron chi connectivity index (χ3n) is 6.67. The molecule has 5 rings (SSSR count). The van der Waals surface area contributed by atoms with E-state index >= 15 is 0 Å². The minimum Gasteiger partial charge on any atom is -0.393 e. The summed E-state index contributed by atoms with van der Waals surface area (Å²) < 4.78 is 34.2. The minimum absolute atomic E-state index is 0.0283. The number of aryl methyl sites for hydroxylation is 2. The van der Waals surface area contributed by atoms with Crippen LogP contribution in [-0.2, 0) is 34.0 Å². The van der Waals surface area contributed by atoms with Gasteiger partial charge in [-0.2, -0.15) is 0 Å². The molecule has 0 amide bonds. The lowest BCUT2D eigenvalue weighted by atomic mass is 9.87. The van der Waals surface area contributed by atoms with Gasteiger partial charge in [-0.05, 0) is 54.7 Å². The Balaban J connectivity index is 1.77. The van der Waals surface area contributed by atoms with Gasteiger partial charge in [0.2, 0.25) is 10.0 Å². The molecule has 2 aromatic heterocycles. The number of pyridine rings is 1. The maximum Gasteiger partial charge on any atom is 0.253 e. The van der Waals surface area contributed by atoms with E-state index in [0.29, 0.717) is 22.2 Å². The monoisotopic (exact) mass is 534 g/mol. The second-order valence-electron chi connectivity index (χ2n) is 9.81. The minimum atomic E-state index is -3.48. The van der Waals surface area contributed by atoms with E-state index in [2.05, 4.69) is 9.71 Å². The molecule has 0 saturated heterocycles. The molecule has 2 N–H and O–H groups in total. The van der Waals surface area contributed by atoms with E-state index < -0.39 is 15.6 Å². The summed E-state index contributed by atoms with van der Waals surface area (Å²) in [6.07, 6.45) is 4.58. The summed E-state index contributed by atoms with van der Waals surface area (Å²) in [6, 6.07) is 16.9. The highest BCUT2D eigenvalue weighted by molar-refractivity contribution is 7.88. The van der Waals surface area contributed by atoms with Gasteiger partial charge in [0, 0.05) is 24.2 Å². The molecular formula is C28H30N4O5S. The number of ether oxygens (including phenoxy) is 1. The van der Waals surface area contributed by atoms with Crippen molar-refractivity contribution in [1.29, 1.82) is 0 Å². The van der Waals surface area contributed by atoms with Crippen LogP contribution >= 0.6 is 0 Å². The molecule has 10 heteroatoms. The van der Waals surface area contributed by atoms with Crippen LogP contribution in [0.15, 0.2) is 65.6 Å². The molecule has 1 atom stereocenters. The number of hydrogen-bond acceptors (Lipinski definition) is 7. The van der Waals surface area contributed by atoms with Crippen molar-refractivity contribution in [2.24, 2.45) is 7.05 Å². The Bertz CT molecular complexity index is 1640. The Labute approximate surface area is 221 Å². The molecule has 9 nitrogen and oxygen atoms in total. The summed E-state index contributed by atoms with van der Waals surface area (Å²) in [5, 5.41) is 11.6. The summed E-state index contributed by atoms with van der Waals surface area (Å²) >= 11 is 0. The number of fused-ring (bicyclic) bond motifs is 1. The van der Waals surface area contributed by atoms with E-state index in [1.54, 1.807) is 24.7 Å². The number of aliphatic hydroxyl groups is 1. The number of aliphatic hydroxyl groups excluding tert-OH is 1. The molecule has 38 heavy (non-hydrogen) atoms. The van der Waals surface area contributed by atoms with Gasteiger partial charge in [0.05, 0.1) is 36.7 Å². The van der Waals surface area contributed by atoms with E-state index in [4.69, 9.17) is 9.72 Å². The van der Waals surface area contributed by atoms with Gasteiger partial charge in [-0.15, -0.1) is 0 Å². The predicted octanol–water partition coefficient (Wildman–Crippen LogP) is 2.77. The molecule has 2 aromatic carbocycles. The van der Waals surface area contributed by atoms with E-state index in [9.17, 15) is 18.3 Å². The van der Waals surface area contributed by atoms with Crippen molar-refractivity contribution in [3.63, 3.8) is 0 Å². The number of nitrogens with one attached hydrogen (secondary N) is 1. The summed E-state index contributed by atoms with van der Waals surface area (Å²) in [4.78, 5) is 21.7. The first kappa shape index (κ1) is 26.2. The maximum absolute atomic E-state index is 12.3. The zero-order valence-electron chi connectivity index (χ0n) is 21.5. The molecule has 1 saturated carbocycles. The lowest BCUT2D eigenvalue weighted by Crippen LogP contribution is -2.38. The van der Waals surface area contributed by atoms with Crippen molar-refractivity contribution in [3.05, 3.63) is 93.8 Å². The Morgan fingerprint density at radius 1 is 1.11 bits per heavy atom. The van der Waals surface area contributed by atoms with Crippen molar-refractivity contribution in [2.75, 3.05) is 12.9 Å². The van der Waals surface area contributed by atoms with E-state index in [1.165, 1.54) is 0 Å². The number of nitrogens with zero attached hydrogens (tertiary/aromatic N) is 3. The zero-order chi connectivity index (χ0) is 27.1. The van der Waals surface area contributed by atoms with Crippen molar-refractivity contribution < 1.29 is 18.3 Å². The maximum atomic E-state index is 12.3. The molecule has 4 aromatic rings. The third kappa shape index (κ3) is 5.25. The van der Waals surface area contributed by atoms with Gasteiger partial charge in [-0.1, -0.05) is 36.4 Å². The largest absolute Gasteiger partial charge is 0.393 e. The van der Waals surface area contributed by atoms with Crippen LogP contribution in [0.3, 0.4) is 0 Å². The van der Waals surface area contributed by atoms with Gasteiger partial charge in [0.25, 0.3) is 5.56 Å². The van der Waals surface area contributed by atoms with Gasteiger partial charge in [0.1, 0.15) is 5.82 Å². The van der Waals surface area contributed by atoms with Crippen LogP contribution in [0, 0.1) is 6.92 Å². The van der Waals surface area contributed by atoms with E-state index in [1.807, 2.05) is 54.6 Å². The molecule has 2 heterocycles. The number of sulfonamides is 1. The smallest absolute Gasteiger partial charge is 0.253 e. The molecule has 0 bridgehead atoms. The summed E-state index contributed by atoms with van der Waals surface area (Å²) in [5.41, 5.74) is 2.72. The molecule has 1 unspecified atom stereocenters. The van der Waals surface area contributed by atoms with Gasteiger partial charge >= 0.3 is 0 Å². The molecule has 0 spiro atoms. The second kappa shape index (κ2) is 10.0. The highest BCUT2D eigenvalue weighted by Crippen LogP contribution is 2.42. The Hall–Kier alpha value is -3.44. The standard InChI is InChI=1S/C28H30N4O5S/c1-18-13-20(16-32(2)27(18)34)19-9-12-24-23(14-19)26(31-25(30-24)15-29-38(3,35)36)28(17-33,37-22-10-11-22)21-7-5-4-6-8-21/h4-9,12-14,16,22,29,33H,10-11,15,17H2,1-3H3. The molecule has 1 fully saturated rings. The van der Waals surface area contributed by atoms with Gasteiger partial charge in [0.15, 0.2) is 5.60 Å². The van der Waals surface area contributed by atoms with Crippen LogP contribution in [0.1, 0.15) is 35.5 Å². The summed E-state index contributed by atoms with van der Waals surface area (Å²) in [5.74, 6) is 0.261. The normalized spacial score (nSPS) is 15.5. The number of benzene rings is 2. The van der Waals surface area contributed by atoms with Gasteiger partial charge < -0.3 is 14.4 Å². The van der Waals surface area contributed by atoms with E-state index in [0.717, 1.165) is 35.8 Å². The Morgan fingerprint density at radius 3 is 2.47 bits per heavy atom. The van der Waals surface area contributed by atoms with Crippen molar-refractivity contribution in [3.8, 4) is 11.1 Å². The summed E-state index contributed by atoms with van der Waals surface area (Å²) in [7, 11) is -1.77. The number of aromatic nitrogens is 3. The van der Waals surface area contributed by atoms with Crippen LogP contribution in [0.2, 0.25) is 0 Å². The molecule has 1 aliphatic carbocycles. The van der Waals surface area contributed by atoms with Crippen LogP contribution in [-0.4, -0.2) is 47.0 Å². The van der Waals surface area contributed by atoms with E-state index in [-0.39, 0.29) is 30.6 Å². The van der Waals surface area contributed by atoms with Crippen LogP contribution in [0.25, 0.3) is 22.0 Å². The molecule has 0 radical (unpaired) electrons. The van der Waals surface area contributed by atoms with Crippen molar-refractivity contribution in [1.82, 2.24) is 19.3 Å². The lowest BCUT2D eigenvalue weighted by molar-refractivity contribution is -0.0673. The fraction of sp³-hybridized carbons (Fsp3) is 0.321. The summed E-state index contributed by atoms with van der Waals surface area (Å²) in [6.45, 7) is 1.29. The Morgan fingerprint density at radius 2 is 1.84 bits per heavy atom. The first-order valence-corrected chi connectivity index (χ1v) is 14.3. The van der Waals surface area contributed by atoms with Crippen LogP contribution < -0.4 is 10.3 Å². The molecular weight excluding hydrogens is 504 g/mol. The molecule has 0 aliphatic heterocycles. The lowest BCUT2D eigenvalue weighted by Gasteiger charge is -2.33. The fourth-order valence-electron chi connectivity index (χ4n) is 4.62. The number of rotatable bonds is 9. The topological polar surface area (TPSA) is 123 Å². The first-order valence-electron chi connectivity index (χ1n) is 12.4. The van der Waals surface area contributed by atoms with Crippen LogP contribution in [0.4, 0.5) is 0 Å². The third-order valence-corrected chi connectivity index (χ3v) is 7.34. The quantitative estimate of drug-likeness (QED) is 0.338. The SMILES string of the molecule is Cc1cc(-c2ccc3nc(CNS(C)(=O)=O)nc(C(CO)(OC4CC4)c4ccccc4)c3c2)cn(C)c1=O. The fourth-order valence-corrected chi connectivity index (χ4v) is 5.01. The van der Waals surface area contributed by atoms with Crippen LogP contribution in [0.5, 0.6) is 0 Å².